The average molecular weight is 544 g/mol. The second-order valence-corrected chi connectivity index (χ2v) is 9.51. The lowest BCUT2D eigenvalue weighted by Crippen LogP contribution is -2.47. The van der Waals surface area contributed by atoms with Gasteiger partial charge in [0.2, 0.25) is 5.91 Å². The molecule has 1 aromatic heterocycles. The quantitative estimate of drug-likeness (QED) is 0.269. The number of benzene rings is 3. The standard InChI is InChI=1S/C30H27F2N5O3/c31-20-6-3-5-18(13-20)14-25(36-28(39)17-37-16-27(38)35-24-8-1-2-9-26(24)37)29-21(7-4-12-34-29)19-10-11-23(32)22(15-19)30(33)40/h1-13,15,25,27,35,38H,14,16-17H2,(H2,33,40)(H,36,39)/t25-,27?/m0/s1. The number of hydrogen-bond acceptors (Lipinski definition) is 6. The van der Waals surface area contributed by atoms with Crippen molar-refractivity contribution in [3.63, 3.8) is 0 Å². The lowest BCUT2D eigenvalue weighted by Gasteiger charge is -2.35. The molecule has 10 heteroatoms. The van der Waals surface area contributed by atoms with Gasteiger partial charge in [0.15, 0.2) is 0 Å². The van der Waals surface area contributed by atoms with Crippen LogP contribution >= 0.6 is 0 Å². The van der Waals surface area contributed by atoms with Gasteiger partial charge in [-0.2, -0.15) is 0 Å². The zero-order chi connectivity index (χ0) is 28.2. The number of carbonyl (C=O) groups is 2. The van der Waals surface area contributed by atoms with Gasteiger partial charge in [0.05, 0.1) is 41.8 Å². The minimum absolute atomic E-state index is 0.0556. The van der Waals surface area contributed by atoms with E-state index in [1.54, 1.807) is 35.4 Å². The van der Waals surface area contributed by atoms with Gasteiger partial charge < -0.3 is 26.4 Å². The smallest absolute Gasteiger partial charge is 0.251 e. The Bertz CT molecular complexity index is 1560. The van der Waals surface area contributed by atoms with Gasteiger partial charge in [-0.1, -0.05) is 36.4 Å². The summed E-state index contributed by atoms with van der Waals surface area (Å²) in [6.07, 6.45) is 0.912. The maximum atomic E-state index is 14.2. The van der Waals surface area contributed by atoms with Gasteiger partial charge in [-0.3, -0.25) is 14.6 Å². The summed E-state index contributed by atoms with van der Waals surface area (Å²) in [6.45, 7) is 0.138. The van der Waals surface area contributed by atoms with E-state index in [0.717, 1.165) is 11.8 Å². The highest BCUT2D eigenvalue weighted by atomic mass is 19.1. The third kappa shape index (κ3) is 5.92. The van der Waals surface area contributed by atoms with Crippen LogP contribution in [0.25, 0.3) is 11.1 Å². The van der Waals surface area contributed by atoms with Gasteiger partial charge in [0.1, 0.15) is 17.9 Å². The van der Waals surface area contributed by atoms with Crippen LogP contribution in [0.5, 0.6) is 0 Å². The Kier molecular flexibility index (Phi) is 7.70. The van der Waals surface area contributed by atoms with Crippen molar-refractivity contribution in [2.24, 2.45) is 5.73 Å². The second-order valence-electron chi connectivity index (χ2n) is 9.51. The summed E-state index contributed by atoms with van der Waals surface area (Å²) in [5, 5.41) is 16.3. The van der Waals surface area contributed by atoms with Crippen LogP contribution in [0, 0.1) is 11.6 Å². The zero-order valence-corrected chi connectivity index (χ0v) is 21.4. The van der Waals surface area contributed by atoms with E-state index >= 15 is 0 Å². The Labute approximate surface area is 229 Å². The Morgan fingerprint density at radius 1 is 1.07 bits per heavy atom. The molecule has 0 aliphatic carbocycles. The summed E-state index contributed by atoms with van der Waals surface area (Å²) in [4.78, 5) is 31.5. The Morgan fingerprint density at radius 2 is 1.90 bits per heavy atom. The molecule has 2 atom stereocenters. The number of nitrogens with one attached hydrogen (secondary N) is 2. The molecule has 3 aromatic carbocycles. The zero-order valence-electron chi connectivity index (χ0n) is 21.4. The number of hydrogen-bond donors (Lipinski definition) is 4. The van der Waals surface area contributed by atoms with Crippen LogP contribution in [0.2, 0.25) is 0 Å². The van der Waals surface area contributed by atoms with E-state index in [1.807, 2.05) is 24.3 Å². The van der Waals surface area contributed by atoms with Crippen LogP contribution in [0.3, 0.4) is 0 Å². The molecular weight excluding hydrogens is 516 g/mol. The first-order chi connectivity index (χ1) is 19.3. The molecule has 0 radical (unpaired) electrons. The first-order valence-corrected chi connectivity index (χ1v) is 12.7. The lowest BCUT2D eigenvalue weighted by molar-refractivity contribution is -0.120. The number of amides is 2. The number of aliphatic hydroxyl groups excluding tert-OH is 1. The van der Waals surface area contributed by atoms with Crippen molar-refractivity contribution in [1.29, 1.82) is 0 Å². The molecule has 2 amide bonds. The van der Waals surface area contributed by atoms with Crippen LogP contribution in [0.4, 0.5) is 20.2 Å². The topological polar surface area (TPSA) is 121 Å². The lowest BCUT2D eigenvalue weighted by atomic mass is 9.94. The van der Waals surface area contributed by atoms with Crippen LogP contribution in [0.15, 0.2) is 85.1 Å². The number of para-hydroxylation sites is 2. The van der Waals surface area contributed by atoms with Crippen molar-refractivity contribution in [3.8, 4) is 11.1 Å². The van der Waals surface area contributed by atoms with Crippen molar-refractivity contribution >= 4 is 23.2 Å². The van der Waals surface area contributed by atoms with E-state index in [2.05, 4.69) is 15.6 Å². The number of aliphatic hydroxyl groups is 1. The van der Waals surface area contributed by atoms with Gasteiger partial charge in [0.25, 0.3) is 5.91 Å². The normalized spacial score (nSPS) is 15.1. The fourth-order valence-electron chi connectivity index (χ4n) is 4.90. The van der Waals surface area contributed by atoms with E-state index in [9.17, 15) is 23.5 Å². The summed E-state index contributed by atoms with van der Waals surface area (Å²) < 4.78 is 28.3. The molecule has 0 spiro atoms. The predicted molar refractivity (Wildman–Crippen MR) is 147 cm³/mol. The molecule has 2 heterocycles. The molecule has 5 rings (SSSR count). The Morgan fingerprint density at radius 3 is 2.70 bits per heavy atom. The average Bonchev–Trinajstić information content (AvgIpc) is 2.93. The number of nitrogens with two attached hydrogens (primary N) is 1. The number of fused-ring (bicyclic) bond motifs is 1. The van der Waals surface area contributed by atoms with Crippen LogP contribution in [-0.4, -0.2) is 41.2 Å². The Balaban J connectivity index is 1.49. The minimum atomic E-state index is -0.909. The first-order valence-electron chi connectivity index (χ1n) is 12.7. The number of carbonyl (C=O) groups excluding carboxylic acids is 2. The summed E-state index contributed by atoms with van der Waals surface area (Å²) in [5.74, 6) is -2.42. The summed E-state index contributed by atoms with van der Waals surface area (Å²) in [5.41, 5.74) is 8.68. The van der Waals surface area contributed by atoms with Crippen LogP contribution in [-0.2, 0) is 11.2 Å². The van der Waals surface area contributed by atoms with Gasteiger partial charge in [-0.15, -0.1) is 0 Å². The number of halogens is 2. The van der Waals surface area contributed by atoms with Gasteiger partial charge in [-0.25, -0.2) is 8.78 Å². The number of anilines is 2. The third-order valence-corrected chi connectivity index (χ3v) is 6.67. The molecule has 4 aromatic rings. The monoisotopic (exact) mass is 543 g/mol. The predicted octanol–water partition coefficient (Wildman–Crippen LogP) is 3.78. The molecule has 0 saturated carbocycles. The maximum absolute atomic E-state index is 14.2. The molecule has 0 saturated heterocycles. The van der Waals surface area contributed by atoms with E-state index in [0.29, 0.717) is 28.1 Å². The van der Waals surface area contributed by atoms with Crippen LogP contribution in [0.1, 0.15) is 27.7 Å². The largest absolute Gasteiger partial charge is 0.372 e. The molecular formula is C30H27F2N5O3. The number of pyridine rings is 1. The molecule has 1 aliphatic rings. The fourth-order valence-corrected chi connectivity index (χ4v) is 4.90. The highest BCUT2D eigenvalue weighted by Crippen LogP contribution is 2.32. The second kappa shape index (κ2) is 11.5. The number of rotatable bonds is 8. The molecule has 204 valence electrons. The number of nitrogens with zero attached hydrogens (tertiary/aromatic N) is 2. The van der Waals surface area contributed by atoms with Crippen molar-refractivity contribution in [3.05, 3.63) is 114 Å². The van der Waals surface area contributed by atoms with Crippen molar-refractivity contribution in [1.82, 2.24) is 10.3 Å². The number of primary amides is 1. The van der Waals surface area contributed by atoms with Crippen molar-refractivity contribution in [2.45, 2.75) is 18.7 Å². The maximum Gasteiger partial charge on any atom is 0.251 e. The third-order valence-electron chi connectivity index (χ3n) is 6.67. The molecule has 1 unspecified atom stereocenters. The van der Waals surface area contributed by atoms with E-state index in [1.165, 1.54) is 24.3 Å². The van der Waals surface area contributed by atoms with Gasteiger partial charge in [-0.05, 0) is 60.0 Å². The Hall–Kier alpha value is -4.83. The molecule has 40 heavy (non-hydrogen) atoms. The molecule has 8 nitrogen and oxygen atoms in total. The van der Waals surface area contributed by atoms with Crippen molar-refractivity contribution in [2.75, 3.05) is 23.3 Å². The van der Waals surface area contributed by atoms with E-state index in [-0.39, 0.29) is 31.0 Å². The van der Waals surface area contributed by atoms with E-state index < -0.39 is 29.8 Å². The molecule has 5 N–H and O–H groups in total. The molecule has 1 aliphatic heterocycles. The molecule has 0 bridgehead atoms. The molecule has 0 fully saturated rings. The highest BCUT2D eigenvalue weighted by molar-refractivity contribution is 5.94. The van der Waals surface area contributed by atoms with Gasteiger partial charge in [0, 0.05) is 11.8 Å². The van der Waals surface area contributed by atoms with Crippen molar-refractivity contribution < 1.29 is 23.5 Å². The van der Waals surface area contributed by atoms with Crippen LogP contribution < -0.4 is 21.3 Å². The SMILES string of the molecule is NC(=O)c1cc(-c2cccnc2[C@H](Cc2cccc(F)c2)NC(=O)CN2CC(O)Nc3ccccc32)ccc1F. The number of β-amino-alcohol motifs (C(OH)–C–C–N with tert-alkyl or cyclic N) is 1. The van der Waals surface area contributed by atoms with E-state index in [4.69, 9.17) is 5.73 Å². The minimum Gasteiger partial charge on any atom is -0.372 e. The fraction of sp³-hybridized carbons (Fsp3) is 0.167. The summed E-state index contributed by atoms with van der Waals surface area (Å²) >= 11 is 0. The number of aromatic nitrogens is 1. The van der Waals surface area contributed by atoms with Gasteiger partial charge >= 0.3 is 0 Å². The summed E-state index contributed by atoms with van der Waals surface area (Å²) in [6, 6.07) is 20.1. The summed E-state index contributed by atoms with van der Waals surface area (Å²) in [7, 11) is 0. The first kappa shape index (κ1) is 26.8. The highest BCUT2D eigenvalue weighted by Gasteiger charge is 2.26.